The topological polar surface area (TPSA) is 62.5 Å². The van der Waals surface area contributed by atoms with Crippen molar-refractivity contribution in [3.05, 3.63) is 236 Å². The van der Waals surface area contributed by atoms with Crippen LogP contribution in [0.3, 0.4) is 0 Å². The van der Waals surface area contributed by atoms with Crippen molar-refractivity contribution >= 4 is 10.8 Å². The summed E-state index contributed by atoms with van der Waals surface area (Å²) in [4.78, 5) is 14.7. The van der Waals surface area contributed by atoms with Gasteiger partial charge < -0.3 is 0 Å². The highest BCUT2D eigenvalue weighted by molar-refractivity contribution is 6.22. The number of hydrogen-bond acceptors (Lipinski definition) is 4. The van der Waals surface area contributed by atoms with Gasteiger partial charge in [0.2, 0.25) is 0 Å². The fourth-order valence-corrected chi connectivity index (χ4v) is 9.45. The van der Waals surface area contributed by atoms with E-state index < -0.39 is 0 Å². The van der Waals surface area contributed by atoms with Gasteiger partial charge >= 0.3 is 0 Å². The summed E-state index contributed by atoms with van der Waals surface area (Å²) in [7, 11) is 0. The van der Waals surface area contributed by atoms with Crippen LogP contribution >= 0.6 is 0 Å². The fourth-order valence-electron chi connectivity index (χ4n) is 9.45. The summed E-state index contributed by atoms with van der Waals surface area (Å²) in [6.45, 7) is 0. The summed E-state index contributed by atoms with van der Waals surface area (Å²) in [5.74, 6) is 1.93. The number of rotatable bonds is 8. The average molecular weight is 839 g/mol. The van der Waals surface area contributed by atoms with Crippen molar-refractivity contribution in [3.63, 3.8) is 0 Å². The van der Waals surface area contributed by atoms with E-state index in [0.717, 1.165) is 55.6 Å². The van der Waals surface area contributed by atoms with E-state index in [9.17, 15) is 5.26 Å². The number of fused-ring (bicyclic) bond motifs is 3. The van der Waals surface area contributed by atoms with E-state index >= 15 is 0 Å². The summed E-state index contributed by atoms with van der Waals surface area (Å²) in [5, 5.41) is 11.9. The molecule has 66 heavy (non-hydrogen) atoms. The van der Waals surface area contributed by atoms with Gasteiger partial charge in [0.05, 0.1) is 11.6 Å². The maximum absolute atomic E-state index is 9.40. The maximum atomic E-state index is 9.40. The van der Waals surface area contributed by atoms with Gasteiger partial charge in [-0.1, -0.05) is 206 Å². The Balaban J connectivity index is 0.885. The molecule has 0 radical (unpaired) electrons. The average Bonchev–Trinajstić information content (AvgIpc) is 3.73. The van der Waals surface area contributed by atoms with Crippen molar-refractivity contribution in [1.82, 2.24) is 15.0 Å². The lowest BCUT2D eigenvalue weighted by Gasteiger charge is -2.16. The highest BCUT2D eigenvalue weighted by Gasteiger charge is 2.25. The van der Waals surface area contributed by atoms with Crippen LogP contribution < -0.4 is 0 Å². The van der Waals surface area contributed by atoms with Gasteiger partial charge in [0.15, 0.2) is 17.5 Å². The lowest BCUT2D eigenvalue weighted by Crippen LogP contribution is -2.00. The highest BCUT2D eigenvalue weighted by Crippen LogP contribution is 2.52. The molecule has 0 fully saturated rings. The van der Waals surface area contributed by atoms with E-state index in [1.54, 1.807) is 0 Å². The van der Waals surface area contributed by atoms with Crippen molar-refractivity contribution < 1.29 is 0 Å². The molecule has 0 N–H and O–H groups in total. The Bertz CT molecular complexity index is 3580. The molecule has 0 saturated carbocycles. The first kappa shape index (κ1) is 38.6. The summed E-state index contributed by atoms with van der Waals surface area (Å²) in [6.07, 6.45) is 0. The highest BCUT2D eigenvalue weighted by atomic mass is 15.0. The first-order valence-corrected chi connectivity index (χ1v) is 22.1. The number of aromatic nitrogens is 3. The van der Waals surface area contributed by atoms with Crippen molar-refractivity contribution in [3.8, 4) is 118 Å². The molecule has 306 valence electrons. The Morgan fingerprint density at radius 1 is 0.242 bits per heavy atom. The third-order valence-electron chi connectivity index (χ3n) is 12.8. The zero-order chi connectivity index (χ0) is 44.0. The summed E-state index contributed by atoms with van der Waals surface area (Å²) < 4.78 is 0. The Hall–Kier alpha value is -9.04. The Morgan fingerprint density at radius 3 is 1.06 bits per heavy atom. The molecule has 1 heterocycles. The molecule has 0 atom stereocenters. The van der Waals surface area contributed by atoms with E-state index in [0.29, 0.717) is 23.0 Å². The molecule has 0 spiro atoms. The standard InChI is InChI=1S/C62H38N4/c63-39-40-21-23-41(24-22-40)50-17-10-18-51(38-50)53-34-36-57-55-20-8-7-19-54(55)56-35-33-52(58(53)59(56)57)44-29-25-42(26-30-44)48-15-9-16-49(37-48)43-27-31-47(32-28-43)62-65-60(45-11-3-1-4-12-45)64-61(66-62)46-13-5-2-6-14-46/h1-38H. The van der Waals surface area contributed by atoms with E-state index in [2.05, 4.69) is 152 Å². The number of benzene rings is 10. The lowest BCUT2D eigenvalue weighted by molar-refractivity contribution is 1.07. The van der Waals surface area contributed by atoms with Crippen molar-refractivity contribution in [2.75, 3.05) is 0 Å². The van der Waals surface area contributed by atoms with Crippen LogP contribution in [0.5, 0.6) is 0 Å². The van der Waals surface area contributed by atoms with E-state index in [-0.39, 0.29) is 0 Å². The van der Waals surface area contributed by atoms with Gasteiger partial charge in [-0.05, 0) is 113 Å². The minimum atomic E-state index is 0.636. The zero-order valence-corrected chi connectivity index (χ0v) is 35.7. The number of hydrogen-bond donors (Lipinski definition) is 0. The minimum Gasteiger partial charge on any atom is -0.208 e. The molecule has 0 aliphatic heterocycles. The maximum Gasteiger partial charge on any atom is 0.164 e. The van der Waals surface area contributed by atoms with Crippen LogP contribution in [-0.2, 0) is 0 Å². The van der Waals surface area contributed by atoms with Gasteiger partial charge in [0.1, 0.15) is 0 Å². The molecule has 0 saturated heterocycles. The Kier molecular flexibility index (Phi) is 9.51. The van der Waals surface area contributed by atoms with Crippen LogP contribution in [0.15, 0.2) is 231 Å². The third kappa shape index (κ3) is 6.93. The van der Waals surface area contributed by atoms with E-state index in [1.165, 1.54) is 49.7 Å². The predicted molar refractivity (Wildman–Crippen MR) is 270 cm³/mol. The second kappa shape index (κ2) is 16.3. The monoisotopic (exact) mass is 838 g/mol. The number of nitrogens with zero attached hydrogens (tertiary/aromatic N) is 4. The van der Waals surface area contributed by atoms with Crippen molar-refractivity contribution in [2.24, 2.45) is 0 Å². The molecule has 0 amide bonds. The molecule has 1 aromatic heterocycles. The van der Waals surface area contributed by atoms with Crippen LogP contribution in [0.2, 0.25) is 0 Å². The molecule has 1 aliphatic carbocycles. The SMILES string of the molecule is N#Cc1ccc(-c2cccc(-c3ccc4c5c(ccc(-c6ccc(-c7cccc(-c8ccc(-c9nc(-c%10ccccc%10)nc(-c%10ccccc%10)n9)cc8)c7)cc6)c35)-c3ccccc3-4)c2)cc1. The Labute approximate surface area is 383 Å². The van der Waals surface area contributed by atoms with Crippen molar-refractivity contribution in [1.29, 1.82) is 5.26 Å². The quantitative estimate of drug-likeness (QED) is 0.153. The fraction of sp³-hybridized carbons (Fsp3) is 0. The van der Waals surface area contributed by atoms with Crippen LogP contribution in [0.25, 0.3) is 123 Å². The van der Waals surface area contributed by atoms with E-state index in [1.807, 2.05) is 84.9 Å². The molecule has 1 aliphatic rings. The second-order valence-electron chi connectivity index (χ2n) is 16.7. The van der Waals surface area contributed by atoms with Crippen LogP contribution in [0.4, 0.5) is 0 Å². The normalized spacial score (nSPS) is 11.3. The molecule has 11 aromatic rings. The van der Waals surface area contributed by atoms with Gasteiger partial charge in [-0.2, -0.15) is 5.26 Å². The molecule has 10 aromatic carbocycles. The van der Waals surface area contributed by atoms with Crippen molar-refractivity contribution in [2.45, 2.75) is 0 Å². The largest absolute Gasteiger partial charge is 0.208 e. The molecule has 0 bridgehead atoms. The zero-order valence-electron chi connectivity index (χ0n) is 35.7. The summed E-state index contributed by atoms with van der Waals surface area (Å²) in [6, 6.07) is 83.2. The number of nitriles is 1. The molecule has 4 heteroatoms. The van der Waals surface area contributed by atoms with Crippen LogP contribution in [0, 0.1) is 11.3 Å². The van der Waals surface area contributed by atoms with E-state index in [4.69, 9.17) is 15.0 Å². The van der Waals surface area contributed by atoms with Crippen LogP contribution in [0.1, 0.15) is 5.56 Å². The first-order valence-electron chi connectivity index (χ1n) is 22.1. The third-order valence-corrected chi connectivity index (χ3v) is 12.8. The molecule has 12 rings (SSSR count). The van der Waals surface area contributed by atoms with Crippen LogP contribution in [-0.4, -0.2) is 15.0 Å². The lowest BCUT2D eigenvalue weighted by atomic mass is 9.87. The smallest absolute Gasteiger partial charge is 0.164 e. The first-order chi connectivity index (χ1) is 32.6. The molecule has 4 nitrogen and oxygen atoms in total. The summed E-state index contributed by atoms with van der Waals surface area (Å²) in [5.41, 5.74) is 20.0. The van der Waals surface area contributed by atoms with Gasteiger partial charge in [0, 0.05) is 16.7 Å². The Morgan fingerprint density at radius 2 is 0.576 bits per heavy atom. The second-order valence-corrected chi connectivity index (χ2v) is 16.7. The van der Waals surface area contributed by atoms with Gasteiger partial charge in [0.25, 0.3) is 0 Å². The van der Waals surface area contributed by atoms with Gasteiger partial charge in [-0.25, -0.2) is 15.0 Å². The van der Waals surface area contributed by atoms with Gasteiger partial charge in [-0.15, -0.1) is 0 Å². The predicted octanol–water partition coefficient (Wildman–Crippen LogP) is 15.9. The summed E-state index contributed by atoms with van der Waals surface area (Å²) >= 11 is 0. The van der Waals surface area contributed by atoms with Gasteiger partial charge in [-0.3, -0.25) is 0 Å². The molecular formula is C62H38N4. The minimum absolute atomic E-state index is 0.636. The molecule has 0 unspecified atom stereocenters. The molecular weight excluding hydrogens is 801 g/mol.